The summed E-state index contributed by atoms with van der Waals surface area (Å²) in [5.74, 6) is 0. The van der Waals surface area contributed by atoms with Gasteiger partial charge in [0.05, 0.1) is 9.85 Å². The van der Waals surface area contributed by atoms with Crippen molar-refractivity contribution in [2.75, 3.05) is 13.2 Å². The van der Waals surface area contributed by atoms with E-state index in [4.69, 9.17) is 0 Å². The third kappa shape index (κ3) is 5.89. The molecular weight excluding hydrogens is 300 g/mol. The minimum Gasteiger partial charge on any atom is -0.381 e. The zero-order valence-electron chi connectivity index (χ0n) is 9.77. The maximum Gasteiger partial charge on any atom is 0.533 e. The van der Waals surface area contributed by atoms with Crippen LogP contribution in [0.4, 0.5) is 17.6 Å². The highest BCUT2D eigenvalue weighted by Crippen LogP contribution is 2.21. The Kier molecular flexibility index (Phi) is 5.34. The van der Waals surface area contributed by atoms with Crippen molar-refractivity contribution in [1.29, 1.82) is 0 Å². The topological polar surface area (TPSA) is 105 Å². The summed E-state index contributed by atoms with van der Waals surface area (Å²) in [7, 11) is -3.58. The standard InChI is InChI=1S/C6H10F4N2O6Si/c1-19(2,17-3-5(7,8)11(13)14)18-4-6(9,10)12(15)16/h3-4H2,1-2H3. The largest absolute Gasteiger partial charge is 0.533 e. The summed E-state index contributed by atoms with van der Waals surface area (Å²) in [5.41, 5.74) is 0. The van der Waals surface area contributed by atoms with E-state index >= 15 is 0 Å². The summed E-state index contributed by atoms with van der Waals surface area (Å²) in [6.45, 7) is -1.25. The quantitative estimate of drug-likeness (QED) is 0.221. The molecule has 8 nitrogen and oxygen atoms in total. The molecule has 0 aliphatic carbocycles. The highest BCUT2D eigenvalue weighted by Gasteiger charge is 2.49. The molecule has 0 saturated carbocycles. The van der Waals surface area contributed by atoms with Crippen LogP contribution in [0.3, 0.4) is 0 Å². The summed E-state index contributed by atoms with van der Waals surface area (Å²) in [4.78, 5) is 16.0. The van der Waals surface area contributed by atoms with E-state index in [0.29, 0.717) is 0 Å². The van der Waals surface area contributed by atoms with Crippen molar-refractivity contribution in [2.24, 2.45) is 0 Å². The zero-order chi connectivity index (χ0) is 15.5. The summed E-state index contributed by atoms with van der Waals surface area (Å²) >= 11 is 0. The average Bonchev–Trinajstić information content (AvgIpc) is 2.24. The van der Waals surface area contributed by atoms with Crippen molar-refractivity contribution in [3.63, 3.8) is 0 Å². The third-order valence-corrected chi connectivity index (χ3v) is 3.40. The maximum absolute atomic E-state index is 12.6. The van der Waals surface area contributed by atoms with Crippen molar-refractivity contribution >= 4 is 8.56 Å². The lowest BCUT2D eigenvalue weighted by Crippen LogP contribution is -2.45. The summed E-state index contributed by atoms with van der Waals surface area (Å²) < 4.78 is 59.1. The highest BCUT2D eigenvalue weighted by molar-refractivity contribution is 6.64. The van der Waals surface area contributed by atoms with Gasteiger partial charge in [-0.1, -0.05) is 0 Å². The normalized spacial score (nSPS) is 13.4. The summed E-state index contributed by atoms with van der Waals surface area (Å²) in [6, 6.07) is -8.78. The molecule has 0 fully saturated rings. The second-order valence-electron chi connectivity index (χ2n) is 3.82. The molecular formula is C6H10F4N2O6Si. The fraction of sp³-hybridized carbons (Fsp3) is 1.00. The fourth-order valence-electron chi connectivity index (χ4n) is 0.668. The molecule has 0 atom stereocenters. The van der Waals surface area contributed by atoms with Crippen molar-refractivity contribution in [2.45, 2.75) is 25.2 Å². The molecule has 0 aliphatic rings. The molecule has 0 aliphatic heterocycles. The van der Waals surface area contributed by atoms with Gasteiger partial charge in [-0.25, -0.2) is 0 Å². The molecule has 0 radical (unpaired) electrons. The molecule has 0 rings (SSSR count). The first-order valence-electron chi connectivity index (χ1n) is 4.63. The molecule has 112 valence electrons. The minimum absolute atomic E-state index is 1.04. The molecule has 19 heavy (non-hydrogen) atoms. The van der Waals surface area contributed by atoms with E-state index in [9.17, 15) is 37.8 Å². The Balaban J connectivity index is 4.42. The van der Waals surface area contributed by atoms with Gasteiger partial charge in [0, 0.05) is 0 Å². The molecule has 0 bridgehead atoms. The van der Waals surface area contributed by atoms with Gasteiger partial charge in [0.1, 0.15) is 0 Å². The van der Waals surface area contributed by atoms with Crippen molar-refractivity contribution < 1.29 is 36.3 Å². The molecule has 0 N–H and O–H groups in total. The van der Waals surface area contributed by atoms with Gasteiger partial charge in [0.2, 0.25) is 0 Å². The van der Waals surface area contributed by atoms with Crippen LogP contribution in [-0.2, 0) is 8.85 Å². The van der Waals surface area contributed by atoms with Gasteiger partial charge in [0.25, 0.3) is 0 Å². The monoisotopic (exact) mass is 310 g/mol. The lowest BCUT2D eigenvalue weighted by atomic mass is 10.6. The predicted octanol–water partition coefficient (Wildman–Crippen LogP) is 1.46. The van der Waals surface area contributed by atoms with Crippen LogP contribution in [0.1, 0.15) is 0 Å². The van der Waals surface area contributed by atoms with Crippen LogP contribution in [0.25, 0.3) is 0 Å². The number of alkyl halides is 4. The van der Waals surface area contributed by atoms with Gasteiger partial charge in [-0.3, -0.25) is 20.2 Å². The van der Waals surface area contributed by atoms with E-state index in [1.807, 2.05) is 0 Å². The summed E-state index contributed by atoms with van der Waals surface area (Å²) in [6.07, 6.45) is 0. The minimum atomic E-state index is -4.39. The number of rotatable bonds is 8. The molecule has 0 amide bonds. The van der Waals surface area contributed by atoms with Crippen LogP contribution in [0, 0.1) is 20.2 Å². The van der Waals surface area contributed by atoms with Crippen LogP contribution in [0.5, 0.6) is 0 Å². The van der Waals surface area contributed by atoms with Crippen LogP contribution >= 0.6 is 0 Å². The first-order valence-corrected chi connectivity index (χ1v) is 7.44. The molecule has 0 spiro atoms. The number of nitrogens with zero attached hydrogens (tertiary/aromatic N) is 2. The second-order valence-corrected chi connectivity index (χ2v) is 7.20. The zero-order valence-corrected chi connectivity index (χ0v) is 10.8. The Morgan fingerprint density at radius 1 is 0.947 bits per heavy atom. The van der Waals surface area contributed by atoms with Crippen molar-refractivity contribution in [1.82, 2.24) is 0 Å². The van der Waals surface area contributed by atoms with E-state index in [1.54, 1.807) is 0 Å². The van der Waals surface area contributed by atoms with Crippen LogP contribution in [0.15, 0.2) is 0 Å². The summed E-state index contributed by atoms with van der Waals surface area (Å²) in [5, 5.41) is 19.8. The third-order valence-electron chi connectivity index (χ3n) is 1.72. The number of halogens is 4. The van der Waals surface area contributed by atoms with Gasteiger partial charge in [-0.2, -0.15) is 0 Å². The Labute approximate surface area is 104 Å². The lowest BCUT2D eigenvalue weighted by Gasteiger charge is -2.23. The molecule has 0 saturated heterocycles. The van der Waals surface area contributed by atoms with E-state index in [2.05, 4.69) is 8.85 Å². The van der Waals surface area contributed by atoms with Gasteiger partial charge in [0.15, 0.2) is 13.2 Å². The predicted molar refractivity (Wildman–Crippen MR) is 53.3 cm³/mol. The smallest absolute Gasteiger partial charge is 0.381 e. The lowest BCUT2D eigenvalue weighted by molar-refractivity contribution is -0.647. The number of nitro groups is 2. The maximum atomic E-state index is 12.6. The SMILES string of the molecule is C[Si](C)(OCC(F)(F)[N+](=O)[O-])OCC(F)(F)[N+](=O)[O-]. The molecule has 0 unspecified atom stereocenters. The number of hydrogen-bond donors (Lipinski definition) is 0. The van der Waals surface area contributed by atoms with Gasteiger partial charge in [-0.05, 0) is 13.1 Å². The molecule has 0 aromatic heterocycles. The Bertz CT molecular complexity index is 334. The highest BCUT2D eigenvalue weighted by atomic mass is 28.4. The van der Waals surface area contributed by atoms with E-state index < -0.39 is 43.7 Å². The Morgan fingerprint density at radius 2 is 1.21 bits per heavy atom. The van der Waals surface area contributed by atoms with Gasteiger partial charge in [-0.15, -0.1) is 17.6 Å². The van der Waals surface area contributed by atoms with E-state index in [0.717, 1.165) is 13.1 Å². The van der Waals surface area contributed by atoms with Crippen LogP contribution in [-0.4, -0.2) is 43.7 Å². The average molecular weight is 310 g/mol. The first-order chi connectivity index (χ1) is 8.30. The molecule has 0 heterocycles. The van der Waals surface area contributed by atoms with Crippen LogP contribution in [0.2, 0.25) is 13.1 Å². The van der Waals surface area contributed by atoms with E-state index in [1.165, 1.54) is 0 Å². The fourth-order valence-corrected chi connectivity index (χ4v) is 1.79. The number of hydrogen-bond acceptors (Lipinski definition) is 6. The van der Waals surface area contributed by atoms with Crippen molar-refractivity contribution in [3.05, 3.63) is 20.2 Å². The van der Waals surface area contributed by atoms with Crippen LogP contribution < -0.4 is 0 Å². The van der Waals surface area contributed by atoms with Crippen molar-refractivity contribution in [3.8, 4) is 0 Å². The second kappa shape index (κ2) is 5.75. The van der Waals surface area contributed by atoms with Gasteiger partial charge < -0.3 is 8.85 Å². The Hall–Kier alpha value is -1.34. The van der Waals surface area contributed by atoms with E-state index in [-0.39, 0.29) is 0 Å². The first kappa shape index (κ1) is 17.7. The molecule has 0 aromatic rings. The Morgan fingerprint density at radius 3 is 1.42 bits per heavy atom. The molecule has 13 heteroatoms. The van der Waals surface area contributed by atoms with Gasteiger partial charge >= 0.3 is 20.7 Å². The molecule has 0 aromatic carbocycles.